The quantitative estimate of drug-likeness (QED) is 0.0319. The van der Waals surface area contributed by atoms with Crippen molar-refractivity contribution in [1.29, 1.82) is 0 Å². The molecule has 12 rings (SSSR count). The van der Waals surface area contributed by atoms with Crippen LogP contribution >= 0.6 is 0 Å². The molecule has 6 unspecified atom stereocenters. The number of benzene rings is 6. The highest BCUT2D eigenvalue weighted by Crippen LogP contribution is 2.48. The number of hydrogen-bond donors (Lipinski definition) is 3. The third-order valence-corrected chi connectivity index (χ3v) is 29.9. The molecule has 0 amide bonds. The van der Waals surface area contributed by atoms with Gasteiger partial charge in [0, 0.05) is 0 Å². The fourth-order valence-electron chi connectivity index (χ4n) is 15.5. The van der Waals surface area contributed by atoms with E-state index in [0.29, 0.717) is 54.3 Å². The topological polar surface area (TPSA) is 297 Å². The molecule has 3 saturated heterocycles. The van der Waals surface area contributed by atoms with Gasteiger partial charge in [-0.15, -0.1) is 0 Å². The van der Waals surface area contributed by atoms with Crippen LogP contribution in [0.2, 0.25) is 0 Å². The molecule has 6 atom stereocenters. The summed E-state index contributed by atoms with van der Waals surface area (Å²) in [6.45, 7) is 63.8. The Hall–Kier alpha value is -10.1. The highest BCUT2D eigenvalue weighted by atomic mass is 16.6. The molecule has 6 fully saturated rings. The summed E-state index contributed by atoms with van der Waals surface area (Å²) in [6, 6.07) is 48.2. The van der Waals surface area contributed by atoms with E-state index < -0.39 is 49.3 Å². The van der Waals surface area contributed by atoms with Gasteiger partial charge in [-0.25, -0.2) is 0 Å². The van der Waals surface area contributed by atoms with E-state index in [2.05, 4.69) is 163 Å². The second kappa shape index (κ2) is 57.2. The van der Waals surface area contributed by atoms with E-state index in [1.54, 1.807) is 36.4 Å². The second-order valence-corrected chi connectivity index (χ2v) is 45.9. The van der Waals surface area contributed by atoms with Gasteiger partial charge in [0.15, 0.2) is 0 Å². The Morgan fingerprint density at radius 1 is 0.301 bits per heavy atom. The van der Waals surface area contributed by atoms with E-state index >= 15 is 0 Å². The van der Waals surface area contributed by atoms with Gasteiger partial charge in [0.05, 0.1) is 51.8 Å². The molecular formula is C122H184O21. The van der Waals surface area contributed by atoms with Crippen LogP contribution in [0, 0.1) is 39.4 Å². The van der Waals surface area contributed by atoms with Crippen LogP contribution < -0.4 is 0 Å². The molecule has 3 N–H and O–H groups in total. The molecule has 3 aliphatic heterocycles. The Labute approximate surface area is 860 Å². The molecule has 798 valence electrons. The van der Waals surface area contributed by atoms with E-state index in [-0.39, 0.29) is 122 Å². The first-order valence-electron chi connectivity index (χ1n) is 53.1. The summed E-state index contributed by atoms with van der Waals surface area (Å²) in [5, 5.41) is 27.0. The van der Waals surface area contributed by atoms with Gasteiger partial charge >= 0.3 is 53.7 Å². The van der Waals surface area contributed by atoms with Crippen molar-refractivity contribution in [2.24, 2.45) is 32.5 Å². The number of ether oxygens (including phenoxy) is 9. The van der Waals surface area contributed by atoms with Crippen LogP contribution in [0.25, 0.3) is 0 Å². The van der Waals surface area contributed by atoms with Crippen molar-refractivity contribution in [3.63, 3.8) is 0 Å². The monoisotopic (exact) mass is 1990 g/mol. The molecule has 21 nitrogen and oxygen atoms in total. The van der Waals surface area contributed by atoms with E-state index in [0.717, 1.165) is 132 Å². The van der Waals surface area contributed by atoms with Crippen molar-refractivity contribution >= 4 is 53.7 Å². The third kappa shape index (κ3) is 40.4. The Morgan fingerprint density at radius 2 is 0.497 bits per heavy atom. The number of aryl methyl sites for hydroxylation is 1. The Kier molecular flexibility index (Phi) is 50.1. The summed E-state index contributed by atoms with van der Waals surface area (Å²) in [5.41, 5.74) is 7.58. The van der Waals surface area contributed by atoms with Crippen LogP contribution in [-0.2, 0) is 113 Å². The first-order chi connectivity index (χ1) is 66.7. The largest absolute Gasteiger partial charge is 0.508 e. The predicted molar refractivity (Wildman–Crippen MR) is 571 cm³/mol. The Morgan fingerprint density at radius 3 is 0.678 bits per heavy atom. The van der Waals surface area contributed by atoms with Crippen LogP contribution in [0.4, 0.5) is 0 Å². The molecule has 6 aliphatic rings. The highest BCUT2D eigenvalue weighted by Gasteiger charge is 2.46. The van der Waals surface area contributed by atoms with Crippen LogP contribution in [0.5, 0.6) is 17.2 Å². The third-order valence-electron chi connectivity index (χ3n) is 29.9. The van der Waals surface area contributed by atoms with Crippen molar-refractivity contribution in [1.82, 2.24) is 0 Å². The van der Waals surface area contributed by atoms with Gasteiger partial charge in [0.25, 0.3) is 0 Å². The summed E-state index contributed by atoms with van der Waals surface area (Å²) < 4.78 is 48.0. The summed E-state index contributed by atoms with van der Waals surface area (Å²) in [4.78, 5) is 105. The lowest BCUT2D eigenvalue weighted by Gasteiger charge is -2.39. The zero-order chi connectivity index (χ0) is 108. The molecular weight excluding hydrogens is 1800 g/mol. The molecule has 143 heavy (non-hydrogen) atoms. The fraction of sp³-hybridized carbons (Fsp3) is 0.631. The number of carbonyl (C=O) groups is 9. The van der Waals surface area contributed by atoms with E-state index in [4.69, 9.17) is 58.0 Å². The number of phenolic OH excluding ortho intramolecular Hbond substituents is 3. The van der Waals surface area contributed by atoms with Gasteiger partial charge in [-0.2, -0.15) is 0 Å². The average molecular weight is 1990 g/mol. The molecule has 0 spiro atoms. The first kappa shape index (κ1) is 125. The molecule has 0 radical (unpaired) electrons. The minimum atomic E-state index is -0.481. The van der Waals surface area contributed by atoms with E-state index in [1.165, 1.54) is 46.2 Å². The summed E-state index contributed by atoms with van der Waals surface area (Å²) >= 11 is 0. The molecule has 6 aromatic carbocycles. The normalized spacial score (nSPS) is 18.1. The second-order valence-electron chi connectivity index (χ2n) is 45.9. The minimum absolute atomic E-state index is 0.0625. The van der Waals surface area contributed by atoms with Crippen LogP contribution in [0.15, 0.2) is 146 Å². The van der Waals surface area contributed by atoms with Crippen molar-refractivity contribution in [2.75, 3.05) is 19.8 Å². The smallest absolute Gasteiger partial charge is 0.312 e. The molecule has 3 heterocycles. The van der Waals surface area contributed by atoms with Gasteiger partial charge in [-0.3, -0.25) is 43.2 Å². The fourth-order valence-corrected chi connectivity index (χ4v) is 15.5. The first-order valence-corrected chi connectivity index (χ1v) is 53.1. The lowest BCUT2D eigenvalue weighted by Crippen LogP contribution is -2.39. The van der Waals surface area contributed by atoms with E-state index in [1.807, 2.05) is 161 Å². The molecule has 0 bridgehead atoms. The Bertz CT molecular complexity index is 4600. The van der Waals surface area contributed by atoms with Crippen molar-refractivity contribution < 1.29 is 101 Å². The minimum Gasteiger partial charge on any atom is -0.508 e. The molecule has 3 aliphatic carbocycles. The lowest BCUT2D eigenvalue weighted by molar-refractivity contribution is -0.177. The molecule has 0 aromatic heterocycles. The van der Waals surface area contributed by atoms with Crippen molar-refractivity contribution in [3.8, 4) is 17.2 Å². The van der Waals surface area contributed by atoms with Crippen LogP contribution in [0.1, 0.15) is 442 Å². The van der Waals surface area contributed by atoms with Gasteiger partial charge in [-0.1, -0.05) is 252 Å². The lowest BCUT2D eigenvalue weighted by atomic mass is 9.77. The summed E-state index contributed by atoms with van der Waals surface area (Å²) in [7, 11) is 0. The molecule has 6 aromatic rings. The number of hydrogen-bond acceptors (Lipinski definition) is 21. The predicted octanol–water partition coefficient (Wildman–Crippen LogP) is 29.6. The number of phenols is 3. The van der Waals surface area contributed by atoms with Gasteiger partial charge < -0.3 is 58.0 Å². The van der Waals surface area contributed by atoms with Crippen molar-refractivity contribution in [2.45, 2.75) is 445 Å². The summed E-state index contributed by atoms with van der Waals surface area (Å²) in [6.07, 6.45) is 22.2. The molecule has 21 heteroatoms. The maximum atomic E-state index is 12.7. The number of rotatable bonds is 27. The van der Waals surface area contributed by atoms with E-state index in [9.17, 15) is 43.2 Å². The van der Waals surface area contributed by atoms with Gasteiger partial charge in [-0.05, 0) is 334 Å². The van der Waals surface area contributed by atoms with Gasteiger partial charge in [0.2, 0.25) is 0 Å². The standard InChI is InChI=1S/C22H34O2.C21H32O2.C19H28O2.3C10H16O4.3C10H14O/c1-7-21(5,6)19(23)24-22(15-9-8-10-16-22)18-13-11-17(12-14-18)20(2,3)4;1-7-20(5,6)18(22)23-21(14-8-9-15-21)17-12-10-16(11-13-17)19(2,3)4;1-5-18(3,4)17(20)21-19(13-7-6-8-14-19)16-11-9-15(2)10-12-16;3*1-4-10(2,3)9(12)14-7-5-8(11)13-6-7;3*1-3-8(2)9-4-6-10(11)7-5-9/h11-14H,7-10,15-16H2,1-6H3;10-13H,7-9,14-15H2,1-6H3;9-12H,5-8,13-14H2,1-4H3;3*7H,4-6H2,1-3H3;3*4-8,11H,3H2,1-2H3. The highest BCUT2D eigenvalue weighted by molar-refractivity contribution is 5.81. The maximum absolute atomic E-state index is 12.7. The summed E-state index contributed by atoms with van der Waals surface area (Å²) in [5.74, 6) is 0.954. The number of cyclic esters (lactones) is 3. The zero-order valence-corrected chi connectivity index (χ0v) is 93.5. The van der Waals surface area contributed by atoms with Crippen molar-refractivity contribution in [3.05, 3.63) is 196 Å². The maximum Gasteiger partial charge on any atom is 0.312 e. The zero-order valence-electron chi connectivity index (χ0n) is 93.5. The number of carbonyl (C=O) groups excluding carboxylic acids is 9. The SMILES string of the molecule is CCC(C)(C)C(=O)OC1(c2ccc(C(C)(C)C)cc2)CCCC1.CCC(C)(C)C(=O)OC1(c2ccc(C(C)(C)C)cc2)CCCCC1.CCC(C)(C)C(=O)OC1(c2ccc(C)cc2)CCCCC1.CCC(C)(C)C(=O)OC1COC(=O)C1.CCC(C)(C)C(=O)OC1COC(=O)C1.CCC(C)(C)C(=O)OC1COC(=O)C1.CCC(C)c1ccc(O)cc1.CCC(C)c1ccc(O)cc1.CCC(C)c1ccc(O)cc1. The average Bonchev–Trinajstić information content (AvgIpc) is 1.46. The van der Waals surface area contributed by atoms with Crippen LogP contribution in [-0.4, -0.2) is 107 Å². The number of aromatic hydroxyl groups is 3. The Balaban J connectivity index is 0.000000340. The molecule has 3 saturated carbocycles. The van der Waals surface area contributed by atoms with Gasteiger partial charge in [0.1, 0.15) is 72.2 Å². The number of esters is 9. The van der Waals surface area contributed by atoms with Crippen LogP contribution in [0.3, 0.4) is 0 Å².